The van der Waals surface area contributed by atoms with Gasteiger partial charge < -0.3 is 4.57 Å². The number of thiazole rings is 1. The first-order valence-corrected chi connectivity index (χ1v) is 8.58. The number of nitrogens with zero attached hydrogens (tertiary/aromatic N) is 2. The molecule has 0 spiro atoms. The van der Waals surface area contributed by atoms with Gasteiger partial charge in [0.05, 0.1) is 16.0 Å². The molecule has 1 heterocycles. The van der Waals surface area contributed by atoms with Gasteiger partial charge in [0.25, 0.3) is 0 Å². The second-order valence-electron chi connectivity index (χ2n) is 4.29. The van der Waals surface area contributed by atoms with Crippen LogP contribution in [-0.2, 0) is 17.1 Å². The predicted molar refractivity (Wildman–Crippen MR) is 78.2 cm³/mol. The minimum Gasteiger partial charge on any atom is -0.318 e. The fraction of sp³-hybridized carbons (Fsp3) is 0.417. The van der Waals surface area contributed by atoms with Crippen molar-refractivity contribution >= 4 is 31.6 Å². The van der Waals surface area contributed by atoms with Crippen LogP contribution >= 0.6 is 11.3 Å². The Morgan fingerprint density at radius 1 is 1.37 bits per heavy atom. The van der Waals surface area contributed by atoms with Gasteiger partial charge in [0.1, 0.15) is 0 Å². The van der Waals surface area contributed by atoms with E-state index in [2.05, 4.69) is 9.93 Å². The van der Waals surface area contributed by atoms with Crippen LogP contribution in [-0.4, -0.2) is 18.7 Å². The SMILES string of the molecule is CCCCS(=O)(=O)NN=c1sc2ccccc2n1C. The third-order valence-corrected chi connectivity index (χ3v) is 5.07. The third-order valence-electron chi connectivity index (χ3n) is 2.76. The number of sulfonamides is 1. The smallest absolute Gasteiger partial charge is 0.247 e. The summed E-state index contributed by atoms with van der Waals surface area (Å²) in [6, 6.07) is 7.87. The van der Waals surface area contributed by atoms with Crippen molar-refractivity contribution in [3.63, 3.8) is 0 Å². The first kappa shape index (κ1) is 14.1. The largest absolute Gasteiger partial charge is 0.318 e. The highest BCUT2D eigenvalue weighted by atomic mass is 32.2. The van der Waals surface area contributed by atoms with E-state index in [1.165, 1.54) is 11.3 Å². The van der Waals surface area contributed by atoms with Crippen molar-refractivity contribution in [1.82, 2.24) is 9.40 Å². The summed E-state index contributed by atoms with van der Waals surface area (Å²) < 4.78 is 26.3. The van der Waals surface area contributed by atoms with Gasteiger partial charge in [0.15, 0.2) is 0 Å². The molecule has 0 saturated heterocycles. The first-order chi connectivity index (χ1) is 9.03. The molecule has 0 radical (unpaired) electrons. The van der Waals surface area contributed by atoms with Gasteiger partial charge in [-0.3, -0.25) is 0 Å². The highest BCUT2D eigenvalue weighted by Crippen LogP contribution is 2.14. The van der Waals surface area contributed by atoms with E-state index < -0.39 is 10.0 Å². The third kappa shape index (κ3) is 3.36. The lowest BCUT2D eigenvalue weighted by Gasteiger charge is -2.01. The van der Waals surface area contributed by atoms with Gasteiger partial charge in [0.2, 0.25) is 14.8 Å². The molecule has 1 aromatic carbocycles. The average Bonchev–Trinajstić information content (AvgIpc) is 2.72. The van der Waals surface area contributed by atoms with Gasteiger partial charge in [-0.25, -0.2) is 13.2 Å². The van der Waals surface area contributed by atoms with Gasteiger partial charge >= 0.3 is 0 Å². The molecule has 7 heteroatoms. The minimum atomic E-state index is -3.32. The van der Waals surface area contributed by atoms with Crippen LogP contribution in [0.25, 0.3) is 10.2 Å². The van der Waals surface area contributed by atoms with Gasteiger partial charge in [-0.1, -0.05) is 36.8 Å². The number of unbranched alkanes of at least 4 members (excludes halogenated alkanes) is 1. The Bertz CT molecular complexity index is 729. The summed E-state index contributed by atoms with van der Waals surface area (Å²) in [5.74, 6) is 0.113. The molecule has 0 fully saturated rings. The maximum atomic E-state index is 11.7. The number of rotatable bonds is 5. The molecule has 0 amide bonds. The van der Waals surface area contributed by atoms with E-state index in [4.69, 9.17) is 0 Å². The van der Waals surface area contributed by atoms with Crippen LogP contribution in [0.4, 0.5) is 0 Å². The molecule has 104 valence electrons. The zero-order valence-electron chi connectivity index (χ0n) is 11.0. The molecule has 2 aromatic rings. The molecule has 2 rings (SSSR count). The summed E-state index contributed by atoms with van der Waals surface area (Å²) in [6.45, 7) is 1.96. The Kier molecular flexibility index (Phi) is 4.26. The van der Waals surface area contributed by atoms with Crippen molar-refractivity contribution in [2.24, 2.45) is 12.1 Å². The molecule has 0 aliphatic carbocycles. The maximum Gasteiger partial charge on any atom is 0.247 e. The maximum absolute atomic E-state index is 11.7. The second-order valence-corrected chi connectivity index (χ2v) is 7.12. The summed E-state index contributed by atoms with van der Waals surface area (Å²) >= 11 is 1.46. The Morgan fingerprint density at radius 2 is 2.11 bits per heavy atom. The van der Waals surface area contributed by atoms with Crippen LogP contribution in [0.1, 0.15) is 19.8 Å². The molecular weight excluding hydrogens is 282 g/mol. The van der Waals surface area contributed by atoms with Crippen LogP contribution in [0.15, 0.2) is 29.4 Å². The van der Waals surface area contributed by atoms with Gasteiger partial charge in [0, 0.05) is 7.05 Å². The molecule has 0 aliphatic rings. The van der Waals surface area contributed by atoms with Crippen LogP contribution < -0.4 is 9.63 Å². The molecule has 1 aromatic heterocycles. The normalized spacial score (nSPS) is 13.1. The van der Waals surface area contributed by atoms with Crippen LogP contribution in [0, 0.1) is 0 Å². The quantitative estimate of drug-likeness (QED) is 0.855. The van der Waals surface area contributed by atoms with E-state index in [-0.39, 0.29) is 5.75 Å². The molecule has 0 bridgehead atoms. The number of aromatic nitrogens is 1. The van der Waals surface area contributed by atoms with E-state index in [1.54, 1.807) is 0 Å². The van der Waals surface area contributed by atoms with E-state index in [9.17, 15) is 8.42 Å². The van der Waals surface area contributed by atoms with Crippen molar-refractivity contribution in [3.8, 4) is 0 Å². The van der Waals surface area contributed by atoms with Crippen molar-refractivity contribution in [3.05, 3.63) is 29.1 Å². The standard InChI is InChI=1S/C12H17N3O2S2/c1-3-4-9-19(16,17)14-13-12-15(2)10-7-5-6-8-11(10)18-12/h5-8,14H,3-4,9H2,1-2H3. The van der Waals surface area contributed by atoms with Gasteiger partial charge in [-0.15, -0.1) is 5.10 Å². The highest BCUT2D eigenvalue weighted by molar-refractivity contribution is 7.89. The fourth-order valence-corrected chi connectivity index (χ4v) is 3.70. The molecule has 5 nitrogen and oxygen atoms in total. The van der Waals surface area contributed by atoms with E-state index >= 15 is 0 Å². The number of benzene rings is 1. The zero-order valence-corrected chi connectivity index (χ0v) is 12.6. The Hall–Kier alpha value is -1.34. The Morgan fingerprint density at radius 3 is 2.79 bits per heavy atom. The van der Waals surface area contributed by atoms with E-state index in [1.807, 2.05) is 42.8 Å². The number of hydrogen-bond donors (Lipinski definition) is 1. The summed E-state index contributed by atoms with van der Waals surface area (Å²) in [6.07, 6.45) is 1.49. The highest BCUT2D eigenvalue weighted by Gasteiger charge is 2.08. The molecule has 0 unspecified atom stereocenters. The number of fused-ring (bicyclic) bond motifs is 1. The number of aryl methyl sites for hydroxylation is 1. The first-order valence-electron chi connectivity index (χ1n) is 6.11. The van der Waals surface area contributed by atoms with Crippen LogP contribution in [0.2, 0.25) is 0 Å². The van der Waals surface area contributed by atoms with Crippen LogP contribution in [0.5, 0.6) is 0 Å². The molecule has 19 heavy (non-hydrogen) atoms. The van der Waals surface area contributed by atoms with Gasteiger partial charge in [-0.2, -0.15) is 0 Å². The second kappa shape index (κ2) is 5.75. The lowest BCUT2D eigenvalue weighted by Crippen LogP contribution is -2.25. The monoisotopic (exact) mass is 299 g/mol. The molecule has 1 N–H and O–H groups in total. The predicted octanol–water partition coefficient (Wildman–Crippen LogP) is 1.78. The van der Waals surface area contributed by atoms with Crippen molar-refractivity contribution in [2.75, 3.05) is 5.75 Å². The molecule has 0 saturated carbocycles. The van der Waals surface area contributed by atoms with E-state index in [0.29, 0.717) is 11.2 Å². The Balaban J connectivity index is 2.29. The summed E-state index contributed by atoms with van der Waals surface area (Å²) in [5, 5.41) is 4.01. The lowest BCUT2D eigenvalue weighted by atomic mass is 10.3. The number of para-hydroxylation sites is 1. The molecular formula is C12H17N3O2S2. The van der Waals surface area contributed by atoms with E-state index in [0.717, 1.165) is 16.6 Å². The van der Waals surface area contributed by atoms with Crippen LogP contribution in [0.3, 0.4) is 0 Å². The summed E-state index contributed by atoms with van der Waals surface area (Å²) in [7, 11) is -1.45. The van der Waals surface area contributed by atoms with Crippen molar-refractivity contribution < 1.29 is 8.42 Å². The fourth-order valence-electron chi connectivity index (χ4n) is 1.68. The topological polar surface area (TPSA) is 63.5 Å². The van der Waals surface area contributed by atoms with Crippen molar-refractivity contribution in [2.45, 2.75) is 19.8 Å². The number of nitrogens with one attached hydrogen (secondary N) is 1. The zero-order chi connectivity index (χ0) is 13.9. The number of hydrogen-bond acceptors (Lipinski definition) is 4. The molecule has 0 aliphatic heterocycles. The lowest BCUT2D eigenvalue weighted by molar-refractivity contribution is 0.579. The average molecular weight is 299 g/mol. The minimum absolute atomic E-state index is 0.113. The summed E-state index contributed by atoms with van der Waals surface area (Å²) in [5.41, 5.74) is 1.04. The van der Waals surface area contributed by atoms with Gasteiger partial charge in [-0.05, 0) is 18.6 Å². The Labute approximate surface area is 116 Å². The molecule has 0 atom stereocenters. The van der Waals surface area contributed by atoms with Crippen molar-refractivity contribution in [1.29, 1.82) is 0 Å². The summed E-state index contributed by atoms with van der Waals surface area (Å²) in [4.78, 5) is 2.94.